The molecular weight excluding hydrogens is 685 g/mol. The van der Waals surface area contributed by atoms with Crippen LogP contribution >= 0.6 is 0 Å². The van der Waals surface area contributed by atoms with Crippen molar-refractivity contribution in [2.75, 3.05) is 0 Å². The van der Waals surface area contributed by atoms with E-state index in [1.807, 2.05) is 0 Å². The predicted octanol–water partition coefficient (Wildman–Crippen LogP) is 10.6. The maximum Gasteiger partial charge on any atom is 0.113 e. The van der Waals surface area contributed by atoms with E-state index in [9.17, 15) is 0 Å². The molecule has 2 aliphatic rings. The van der Waals surface area contributed by atoms with Crippen LogP contribution in [0.25, 0.3) is 88.0 Å². The lowest BCUT2D eigenvalue weighted by molar-refractivity contribution is 1.18. The minimum absolute atomic E-state index is 1.25. The third-order valence-electron chi connectivity index (χ3n) is 13.1. The minimum Gasteiger partial charge on any atom is -0.309 e. The summed E-state index contributed by atoms with van der Waals surface area (Å²) in [6, 6.07) is 60.0. The molecule has 2 aliphatic heterocycles. The van der Waals surface area contributed by atoms with E-state index in [1.54, 1.807) is 15.6 Å². The van der Waals surface area contributed by atoms with Crippen LogP contribution in [-0.4, -0.2) is 25.3 Å². The Morgan fingerprint density at radius 1 is 0.333 bits per heavy atom. The van der Waals surface area contributed by atoms with Crippen LogP contribution in [0.4, 0.5) is 0 Å². The molecule has 0 spiro atoms. The first-order valence-corrected chi connectivity index (χ1v) is 25.2. The molecule has 0 saturated carbocycles. The van der Waals surface area contributed by atoms with Gasteiger partial charge >= 0.3 is 0 Å². The third kappa shape index (κ3) is 3.74. The number of hydrogen-bond acceptors (Lipinski definition) is 0. The number of aromatic nitrogens is 2. The SMILES string of the molecule is C[Si]1(C)c2cc(-n3c4ccccc4c4ccccc43)ccc2-c2c1cc1c3c(cccc23)[Si](C)(C)c2cc(-n3c4ccccc4c4ccccc43)ccc2-1. The molecule has 0 atom stereocenters. The summed E-state index contributed by atoms with van der Waals surface area (Å²) < 4.78 is 4.96. The second kappa shape index (κ2) is 10.4. The van der Waals surface area contributed by atoms with Gasteiger partial charge in [0.2, 0.25) is 0 Å². The fraction of sp³-hybridized carbons (Fsp3) is 0.0800. The molecule has 0 fully saturated rings. The Balaban J connectivity index is 1.08. The molecule has 4 heteroatoms. The Morgan fingerprint density at radius 2 is 0.759 bits per heavy atom. The summed E-state index contributed by atoms with van der Waals surface area (Å²) in [5.41, 5.74) is 13.3. The molecule has 8 aromatic carbocycles. The van der Waals surface area contributed by atoms with Crippen molar-refractivity contribution in [2.24, 2.45) is 0 Å². The van der Waals surface area contributed by atoms with Crippen molar-refractivity contribution in [3.63, 3.8) is 0 Å². The van der Waals surface area contributed by atoms with Gasteiger partial charge < -0.3 is 9.13 Å². The highest BCUT2D eigenvalue weighted by molar-refractivity contribution is 7.05. The van der Waals surface area contributed by atoms with Gasteiger partial charge in [-0.1, -0.05) is 135 Å². The predicted molar refractivity (Wildman–Crippen MR) is 237 cm³/mol. The summed E-state index contributed by atoms with van der Waals surface area (Å²) in [5.74, 6) is 0. The molecule has 2 aromatic heterocycles. The minimum atomic E-state index is -2.10. The van der Waals surface area contributed by atoms with E-state index in [4.69, 9.17) is 0 Å². The lowest BCUT2D eigenvalue weighted by Crippen LogP contribution is -2.56. The number of fused-ring (bicyclic) bond motifs is 12. The highest BCUT2D eigenvalue weighted by Gasteiger charge is 2.43. The topological polar surface area (TPSA) is 9.86 Å². The molecule has 0 bridgehead atoms. The summed E-state index contributed by atoms with van der Waals surface area (Å²) in [4.78, 5) is 0. The standard InChI is InChI=1S/C50H38N2Si2/c1-53(2)45-23-13-18-39-49-38-27-25-32(52-43-21-11-7-16-35(43)36-17-8-12-22-44(36)52)29-47(38)54(3,4)48(49)30-40(50(39)45)37-26-24-31(28-46(37)53)51-41-19-9-5-14-33(41)34-15-6-10-20-42(34)51/h5-30H,1-4H3. The zero-order chi connectivity index (χ0) is 36.1. The molecule has 54 heavy (non-hydrogen) atoms. The zero-order valence-corrected chi connectivity index (χ0v) is 32.9. The number of rotatable bonds is 2. The maximum atomic E-state index is 2.64. The second-order valence-corrected chi connectivity index (χ2v) is 25.2. The Kier molecular flexibility index (Phi) is 5.86. The number of benzene rings is 8. The van der Waals surface area contributed by atoms with Crippen LogP contribution in [0.1, 0.15) is 0 Å². The Labute approximate surface area is 316 Å². The van der Waals surface area contributed by atoms with Crippen molar-refractivity contribution < 1.29 is 0 Å². The van der Waals surface area contributed by atoms with Gasteiger partial charge in [-0.2, -0.15) is 0 Å². The van der Waals surface area contributed by atoms with Crippen molar-refractivity contribution in [1.82, 2.24) is 9.13 Å². The number of hydrogen-bond donors (Lipinski definition) is 0. The molecule has 2 nitrogen and oxygen atoms in total. The first-order chi connectivity index (χ1) is 26.3. The fourth-order valence-corrected chi connectivity index (χ4v) is 16.7. The molecule has 4 heterocycles. The molecule has 256 valence electrons. The lowest BCUT2D eigenvalue weighted by atomic mass is 9.91. The average Bonchev–Trinajstić information content (AvgIpc) is 3.80. The summed E-state index contributed by atoms with van der Waals surface area (Å²) in [6.45, 7) is 10.3. The maximum absolute atomic E-state index is 2.64. The van der Waals surface area contributed by atoms with Crippen molar-refractivity contribution >= 4 is 91.3 Å². The van der Waals surface area contributed by atoms with Crippen molar-refractivity contribution in [3.05, 3.63) is 158 Å². The monoisotopic (exact) mass is 722 g/mol. The highest BCUT2D eigenvalue weighted by atomic mass is 28.3. The van der Waals surface area contributed by atoms with Gasteiger partial charge in [-0.15, -0.1) is 0 Å². The van der Waals surface area contributed by atoms with Crippen LogP contribution in [0.3, 0.4) is 0 Å². The van der Waals surface area contributed by atoms with Crippen molar-refractivity contribution in [2.45, 2.75) is 26.2 Å². The van der Waals surface area contributed by atoms with Gasteiger partial charge in [0.15, 0.2) is 0 Å². The van der Waals surface area contributed by atoms with Crippen LogP contribution in [-0.2, 0) is 0 Å². The quantitative estimate of drug-likeness (QED) is 0.157. The molecule has 0 aliphatic carbocycles. The van der Waals surface area contributed by atoms with E-state index in [0.29, 0.717) is 0 Å². The zero-order valence-electron chi connectivity index (χ0n) is 30.9. The molecule has 0 unspecified atom stereocenters. The fourth-order valence-electron chi connectivity index (χ4n) is 10.5. The smallest absolute Gasteiger partial charge is 0.113 e. The molecule has 10 aromatic rings. The van der Waals surface area contributed by atoms with Gasteiger partial charge in [-0.3, -0.25) is 0 Å². The van der Waals surface area contributed by atoms with Crippen LogP contribution in [0.2, 0.25) is 26.2 Å². The molecule has 0 amide bonds. The first-order valence-electron chi connectivity index (χ1n) is 19.2. The summed E-state index contributed by atoms with van der Waals surface area (Å²) in [6.07, 6.45) is 0. The Morgan fingerprint density at radius 3 is 1.28 bits per heavy atom. The van der Waals surface area contributed by atoms with E-state index < -0.39 is 16.1 Å². The van der Waals surface area contributed by atoms with E-state index in [0.717, 1.165) is 0 Å². The first kappa shape index (κ1) is 30.5. The summed E-state index contributed by atoms with van der Waals surface area (Å²) in [5, 5.41) is 14.3. The largest absolute Gasteiger partial charge is 0.309 e. The van der Waals surface area contributed by atoms with Crippen LogP contribution in [0.5, 0.6) is 0 Å². The van der Waals surface area contributed by atoms with E-state index in [-0.39, 0.29) is 0 Å². The van der Waals surface area contributed by atoms with Gasteiger partial charge in [-0.25, -0.2) is 0 Å². The Hall–Kier alpha value is -5.95. The lowest BCUT2D eigenvalue weighted by Gasteiger charge is -2.35. The molecule has 12 rings (SSSR count). The van der Waals surface area contributed by atoms with Crippen molar-refractivity contribution in [3.8, 4) is 33.6 Å². The molecule has 0 N–H and O–H groups in total. The van der Waals surface area contributed by atoms with Crippen LogP contribution in [0, 0.1) is 0 Å². The summed E-state index contributed by atoms with van der Waals surface area (Å²) >= 11 is 0. The average molecular weight is 723 g/mol. The van der Waals surface area contributed by atoms with E-state index in [2.05, 4.69) is 193 Å². The molecule has 0 radical (unpaired) electrons. The van der Waals surface area contributed by atoms with E-state index in [1.165, 1.54) is 93.2 Å². The third-order valence-corrected chi connectivity index (χ3v) is 20.1. The van der Waals surface area contributed by atoms with Crippen molar-refractivity contribution in [1.29, 1.82) is 0 Å². The molecule has 0 saturated heterocycles. The number of nitrogens with zero attached hydrogens (tertiary/aromatic N) is 2. The molecular formula is C50H38N2Si2. The Bertz CT molecular complexity index is 3180. The second-order valence-electron chi connectivity index (χ2n) is 16.5. The van der Waals surface area contributed by atoms with Gasteiger partial charge in [0.25, 0.3) is 0 Å². The number of para-hydroxylation sites is 4. The summed E-state index contributed by atoms with van der Waals surface area (Å²) in [7, 11) is -4.20. The van der Waals surface area contributed by atoms with Crippen LogP contribution < -0.4 is 20.7 Å². The van der Waals surface area contributed by atoms with Gasteiger partial charge in [-0.05, 0) is 102 Å². The van der Waals surface area contributed by atoms with Gasteiger partial charge in [0, 0.05) is 32.9 Å². The van der Waals surface area contributed by atoms with Gasteiger partial charge in [0.05, 0.1) is 22.1 Å². The van der Waals surface area contributed by atoms with Gasteiger partial charge in [0.1, 0.15) is 16.1 Å². The van der Waals surface area contributed by atoms with Crippen LogP contribution in [0.15, 0.2) is 158 Å². The van der Waals surface area contributed by atoms with E-state index >= 15 is 0 Å². The highest BCUT2D eigenvalue weighted by Crippen LogP contribution is 2.43. The normalized spacial score (nSPS) is 15.0.